The van der Waals surface area contributed by atoms with Crippen LogP contribution in [-0.4, -0.2) is 64.8 Å². The van der Waals surface area contributed by atoms with Crippen molar-refractivity contribution in [2.24, 2.45) is 10.9 Å². The van der Waals surface area contributed by atoms with Crippen molar-refractivity contribution in [3.8, 4) is 11.5 Å². The minimum atomic E-state index is -0.113. The van der Waals surface area contributed by atoms with Gasteiger partial charge in [-0.15, -0.1) is 0 Å². The van der Waals surface area contributed by atoms with E-state index in [1.165, 1.54) is 7.11 Å². The van der Waals surface area contributed by atoms with Crippen LogP contribution in [0.4, 0.5) is 0 Å². The zero-order valence-electron chi connectivity index (χ0n) is 16.1. The number of likely N-dealkylation sites (tertiary alicyclic amines) is 1. The van der Waals surface area contributed by atoms with Gasteiger partial charge in [0, 0.05) is 26.7 Å². The molecule has 1 aromatic carbocycles. The van der Waals surface area contributed by atoms with E-state index < -0.39 is 0 Å². The maximum absolute atomic E-state index is 11.6. The van der Waals surface area contributed by atoms with Crippen LogP contribution in [0.3, 0.4) is 0 Å². The summed E-state index contributed by atoms with van der Waals surface area (Å²) < 4.78 is 15.6. The molecule has 1 saturated heterocycles. The molecular weight excluding hydrogens is 334 g/mol. The van der Waals surface area contributed by atoms with E-state index in [0.29, 0.717) is 0 Å². The Balaban J connectivity index is 1.87. The molecular formula is C19H29N3O4. The van der Waals surface area contributed by atoms with Gasteiger partial charge in [-0.2, -0.15) is 0 Å². The molecule has 1 aliphatic rings. The molecule has 0 atom stereocenters. The largest absolute Gasteiger partial charge is 0.497 e. The molecule has 1 aliphatic heterocycles. The van der Waals surface area contributed by atoms with Gasteiger partial charge in [0.2, 0.25) is 0 Å². The number of piperidine rings is 1. The molecule has 2 rings (SSSR count). The highest BCUT2D eigenvalue weighted by atomic mass is 16.5. The number of carbonyl (C=O) groups excluding carboxylic acids is 1. The quantitative estimate of drug-likeness (QED) is 0.471. The van der Waals surface area contributed by atoms with Crippen LogP contribution in [0.15, 0.2) is 23.2 Å². The summed E-state index contributed by atoms with van der Waals surface area (Å²) in [6.07, 6.45) is 2.37. The lowest BCUT2D eigenvalue weighted by Gasteiger charge is -2.33. The second kappa shape index (κ2) is 9.89. The normalized spacial score (nSPS) is 15.5. The van der Waals surface area contributed by atoms with Crippen LogP contribution in [0.5, 0.6) is 11.5 Å². The maximum Gasteiger partial charge on any atom is 0.308 e. The van der Waals surface area contributed by atoms with E-state index >= 15 is 0 Å². The number of rotatable bonds is 6. The molecule has 1 N–H and O–H groups in total. The zero-order valence-corrected chi connectivity index (χ0v) is 16.1. The van der Waals surface area contributed by atoms with Gasteiger partial charge < -0.3 is 24.4 Å². The summed E-state index contributed by atoms with van der Waals surface area (Å²) in [5.41, 5.74) is 1.08. The second-order valence-electron chi connectivity index (χ2n) is 6.19. The van der Waals surface area contributed by atoms with Crippen molar-refractivity contribution in [1.29, 1.82) is 0 Å². The summed E-state index contributed by atoms with van der Waals surface area (Å²) >= 11 is 0. The van der Waals surface area contributed by atoms with Crippen molar-refractivity contribution in [3.63, 3.8) is 0 Å². The first-order valence-electron chi connectivity index (χ1n) is 8.87. The van der Waals surface area contributed by atoms with Gasteiger partial charge in [-0.1, -0.05) is 0 Å². The minimum Gasteiger partial charge on any atom is -0.497 e. The number of methoxy groups -OCH3 is 3. The topological polar surface area (TPSA) is 72.4 Å². The van der Waals surface area contributed by atoms with Gasteiger partial charge in [0.15, 0.2) is 5.96 Å². The molecule has 0 spiro atoms. The molecule has 0 aromatic heterocycles. The van der Waals surface area contributed by atoms with Crippen LogP contribution < -0.4 is 14.8 Å². The van der Waals surface area contributed by atoms with Gasteiger partial charge in [-0.05, 0) is 43.0 Å². The van der Waals surface area contributed by atoms with Crippen LogP contribution in [0.25, 0.3) is 0 Å². The lowest BCUT2D eigenvalue weighted by atomic mass is 9.97. The summed E-state index contributed by atoms with van der Waals surface area (Å²) in [6, 6.07) is 5.80. The molecule has 0 aliphatic carbocycles. The molecule has 144 valence electrons. The van der Waals surface area contributed by atoms with Crippen LogP contribution in [0, 0.1) is 5.92 Å². The number of aliphatic imine (C=N–C) groups is 1. The van der Waals surface area contributed by atoms with E-state index in [1.54, 1.807) is 21.3 Å². The number of esters is 1. The van der Waals surface area contributed by atoms with Gasteiger partial charge in [0.05, 0.1) is 27.2 Å². The minimum absolute atomic E-state index is 0.00426. The maximum atomic E-state index is 11.6. The lowest BCUT2D eigenvalue weighted by Crippen LogP contribution is -2.47. The molecule has 0 bridgehead atoms. The van der Waals surface area contributed by atoms with Crippen LogP contribution in [0.1, 0.15) is 18.4 Å². The van der Waals surface area contributed by atoms with Crippen LogP contribution in [-0.2, 0) is 16.0 Å². The van der Waals surface area contributed by atoms with Crippen molar-refractivity contribution in [2.75, 3.05) is 48.0 Å². The number of carbonyl (C=O) groups is 1. The van der Waals surface area contributed by atoms with Crippen LogP contribution >= 0.6 is 0 Å². The van der Waals surface area contributed by atoms with Gasteiger partial charge >= 0.3 is 5.97 Å². The van der Waals surface area contributed by atoms with Crippen molar-refractivity contribution < 1.29 is 19.0 Å². The molecule has 26 heavy (non-hydrogen) atoms. The van der Waals surface area contributed by atoms with Crippen molar-refractivity contribution in [3.05, 3.63) is 23.8 Å². The standard InChI is InChI=1S/C19H29N3O4/c1-20-19(22-11-8-14(9-12-22)18(23)26-4)21-10-7-15-13-16(24-2)5-6-17(15)25-3/h5-6,13-14H,7-12H2,1-4H3,(H,20,21). The van der Waals surface area contributed by atoms with E-state index in [1.807, 2.05) is 18.2 Å². The highest BCUT2D eigenvalue weighted by Gasteiger charge is 2.26. The predicted octanol–water partition coefficient (Wildman–Crippen LogP) is 1.71. The Morgan fingerprint density at radius 1 is 1.23 bits per heavy atom. The Morgan fingerprint density at radius 3 is 2.54 bits per heavy atom. The number of hydrogen-bond acceptors (Lipinski definition) is 5. The average molecular weight is 363 g/mol. The van der Waals surface area contributed by atoms with E-state index in [4.69, 9.17) is 14.2 Å². The number of ether oxygens (including phenoxy) is 3. The fourth-order valence-corrected chi connectivity index (χ4v) is 3.21. The third kappa shape index (κ3) is 5.03. The fourth-order valence-electron chi connectivity index (χ4n) is 3.21. The second-order valence-corrected chi connectivity index (χ2v) is 6.19. The Labute approximate surface area is 155 Å². The van der Waals surface area contributed by atoms with Crippen LogP contribution in [0.2, 0.25) is 0 Å². The van der Waals surface area contributed by atoms with E-state index in [9.17, 15) is 4.79 Å². The smallest absolute Gasteiger partial charge is 0.308 e. The molecule has 1 aromatic rings. The third-order valence-electron chi connectivity index (χ3n) is 4.71. The number of nitrogens with zero attached hydrogens (tertiary/aromatic N) is 2. The van der Waals surface area contributed by atoms with Crippen molar-refractivity contribution in [2.45, 2.75) is 19.3 Å². The van der Waals surface area contributed by atoms with Gasteiger partial charge in [0.25, 0.3) is 0 Å². The highest BCUT2D eigenvalue weighted by molar-refractivity contribution is 5.80. The monoisotopic (exact) mass is 363 g/mol. The first kappa shape index (κ1) is 19.9. The van der Waals surface area contributed by atoms with Gasteiger partial charge in [0.1, 0.15) is 11.5 Å². The zero-order chi connectivity index (χ0) is 18.9. The number of nitrogens with one attached hydrogen (secondary N) is 1. The van der Waals surface area contributed by atoms with E-state index in [-0.39, 0.29) is 11.9 Å². The SMILES string of the molecule is CN=C(NCCc1cc(OC)ccc1OC)N1CCC(C(=O)OC)CC1. The summed E-state index contributed by atoms with van der Waals surface area (Å²) in [5.74, 6) is 2.40. The average Bonchev–Trinajstić information content (AvgIpc) is 2.70. The Morgan fingerprint density at radius 2 is 1.96 bits per heavy atom. The Hall–Kier alpha value is -2.44. The first-order valence-corrected chi connectivity index (χ1v) is 8.87. The van der Waals surface area contributed by atoms with E-state index in [0.717, 1.165) is 61.9 Å². The lowest BCUT2D eigenvalue weighted by molar-refractivity contribution is -0.146. The Kier molecular flexibility index (Phi) is 7.56. The third-order valence-corrected chi connectivity index (χ3v) is 4.71. The highest BCUT2D eigenvalue weighted by Crippen LogP contribution is 2.24. The summed E-state index contributed by atoms with van der Waals surface area (Å²) in [5, 5.41) is 3.40. The van der Waals surface area contributed by atoms with Crippen molar-refractivity contribution in [1.82, 2.24) is 10.2 Å². The first-order chi connectivity index (χ1) is 12.6. The van der Waals surface area contributed by atoms with Gasteiger partial charge in [-0.3, -0.25) is 9.79 Å². The molecule has 0 radical (unpaired) electrons. The molecule has 7 nitrogen and oxygen atoms in total. The summed E-state index contributed by atoms with van der Waals surface area (Å²) in [7, 11) is 6.55. The van der Waals surface area contributed by atoms with Gasteiger partial charge in [-0.25, -0.2) is 0 Å². The molecule has 1 fully saturated rings. The molecule has 0 amide bonds. The number of benzene rings is 1. The fraction of sp³-hybridized carbons (Fsp3) is 0.579. The summed E-state index contributed by atoms with van der Waals surface area (Å²) in [6.45, 7) is 2.32. The molecule has 0 saturated carbocycles. The predicted molar refractivity (Wildman–Crippen MR) is 101 cm³/mol. The molecule has 0 unspecified atom stereocenters. The summed E-state index contributed by atoms with van der Waals surface area (Å²) in [4.78, 5) is 18.2. The molecule has 7 heteroatoms. The van der Waals surface area contributed by atoms with Crippen molar-refractivity contribution >= 4 is 11.9 Å². The molecule has 1 heterocycles. The number of guanidine groups is 1. The Bertz CT molecular complexity index is 625. The van der Waals surface area contributed by atoms with E-state index in [2.05, 4.69) is 15.2 Å². The number of hydrogen-bond donors (Lipinski definition) is 1.